The third-order valence-electron chi connectivity index (χ3n) is 3.82. The number of amides is 3. The topological polar surface area (TPSA) is 87.5 Å². The lowest BCUT2D eigenvalue weighted by atomic mass is 10.2. The number of oxazole rings is 1. The lowest BCUT2D eigenvalue weighted by Crippen LogP contribution is -2.37. The van der Waals surface area contributed by atoms with Crippen molar-refractivity contribution >= 4 is 29.2 Å². The molecule has 2 N–H and O–H groups in total. The summed E-state index contributed by atoms with van der Waals surface area (Å²) >= 11 is 5.77. The van der Waals surface area contributed by atoms with Crippen LogP contribution in [0.2, 0.25) is 5.02 Å². The molecule has 0 saturated heterocycles. The molecule has 0 aliphatic carbocycles. The number of urea groups is 1. The predicted molar refractivity (Wildman–Crippen MR) is 109 cm³/mol. The molecule has 1 heterocycles. The van der Waals surface area contributed by atoms with Crippen molar-refractivity contribution in [1.82, 2.24) is 15.2 Å². The van der Waals surface area contributed by atoms with Gasteiger partial charge in [-0.15, -0.1) is 0 Å². The van der Waals surface area contributed by atoms with Crippen LogP contribution in [0.25, 0.3) is 0 Å². The van der Waals surface area contributed by atoms with Crippen LogP contribution in [-0.4, -0.2) is 34.9 Å². The fourth-order valence-electron chi connectivity index (χ4n) is 2.47. The van der Waals surface area contributed by atoms with Crippen molar-refractivity contribution < 1.29 is 18.4 Å². The van der Waals surface area contributed by atoms with Gasteiger partial charge >= 0.3 is 6.03 Å². The first kappa shape index (κ1) is 22.7. The molecular formula is C20H26ClFN4O3. The summed E-state index contributed by atoms with van der Waals surface area (Å²) in [5.41, 5.74) is 0.534. The van der Waals surface area contributed by atoms with E-state index in [1.807, 2.05) is 27.7 Å². The van der Waals surface area contributed by atoms with E-state index in [1.54, 1.807) is 0 Å². The number of anilines is 1. The number of hydrogen-bond acceptors (Lipinski definition) is 4. The molecule has 0 radical (unpaired) electrons. The highest BCUT2D eigenvalue weighted by Crippen LogP contribution is 2.20. The SMILES string of the molecule is CC(C)CNC(=O)c1coc(CN(CC(C)C)C(=O)Nc2ccc(F)c(Cl)c2)n1. The van der Waals surface area contributed by atoms with Gasteiger partial charge in [0.2, 0.25) is 5.89 Å². The minimum absolute atomic E-state index is 0.0798. The van der Waals surface area contributed by atoms with Crippen LogP contribution in [0.4, 0.5) is 14.9 Å². The average molecular weight is 425 g/mol. The smallest absolute Gasteiger partial charge is 0.322 e. The van der Waals surface area contributed by atoms with Crippen LogP contribution in [0, 0.1) is 17.7 Å². The van der Waals surface area contributed by atoms with Crippen LogP contribution in [-0.2, 0) is 6.54 Å². The summed E-state index contributed by atoms with van der Waals surface area (Å²) in [6.07, 6.45) is 1.27. The molecule has 2 aromatic rings. The van der Waals surface area contributed by atoms with E-state index in [9.17, 15) is 14.0 Å². The standard InChI is InChI=1S/C20H26ClFN4O3/c1-12(2)8-23-19(27)17-11-29-18(25-17)10-26(9-13(3)4)20(28)24-14-5-6-16(22)15(21)7-14/h5-7,11-13H,8-10H2,1-4H3,(H,23,27)(H,24,28). The Kier molecular flexibility index (Phi) is 8.01. The van der Waals surface area contributed by atoms with Gasteiger partial charge in [0.15, 0.2) is 5.69 Å². The Morgan fingerprint density at radius 1 is 1.24 bits per heavy atom. The Bertz CT molecular complexity index is 854. The van der Waals surface area contributed by atoms with E-state index in [0.717, 1.165) is 0 Å². The fourth-order valence-corrected chi connectivity index (χ4v) is 2.66. The number of benzene rings is 1. The van der Waals surface area contributed by atoms with Gasteiger partial charge in [0.05, 0.1) is 11.6 Å². The Hall–Kier alpha value is -2.61. The predicted octanol–water partition coefficient (Wildman–Crippen LogP) is 4.54. The molecule has 0 fully saturated rings. The molecule has 2 rings (SSSR count). The summed E-state index contributed by atoms with van der Waals surface area (Å²) in [5, 5.41) is 5.37. The quantitative estimate of drug-likeness (QED) is 0.651. The van der Waals surface area contributed by atoms with E-state index < -0.39 is 11.8 Å². The van der Waals surface area contributed by atoms with Gasteiger partial charge in [-0.25, -0.2) is 14.2 Å². The van der Waals surface area contributed by atoms with Gasteiger partial charge in [-0.05, 0) is 30.0 Å². The number of halogens is 2. The molecule has 29 heavy (non-hydrogen) atoms. The van der Waals surface area contributed by atoms with Crippen molar-refractivity contribution in [3.05, 3.63) is 46.9 Å². The van der Waals surface area contributed by atoms with E-state index in [-0.39, 0.29) is 35.0 Å². The molecule has 158 valence electrons. The molecule has 7 nitrogen and oxygen atoms in total. The number of aromatic nitrogens is 1. The molecular weight excluding hydrogens is 399 g/mol. The zero-order valence-corrected chi connectivity index (χ0v) is 17.7. The summed E-state index contributed by atoms with van der Waals surface area (Å²) in [7, 11) is 0. The summed E-state index contributed by atoms with van der Waals surface area (Å²) < 4.78 is 18.7. The zero-order chi connectivity index (χ0) is 21.6. The van der Waals surface area contributed by atoms with Crippen molar-refractivity contribution in [2.75, 3.05) is 18.4 Å². The molecule has 0 bridgehead atoms. The van der Waals surface area contributed by atoms with Crippen molar-refractivity contribution in [2.45, 2.75) is 34.2 Å². The van der Waals surface area contributed by atoms with Gasteiger partial charge in [0.25, 0.3) is 5.91 Å². The Labute approximate surface area is 174 Å². The highest BCUT2D eigenvalue weighted by atomic mass is 35.5. The third-order valence-corrected chi connectivity index (χ3v) is 4.11. The largest absolute Gasteiger partial charge is 0.446 e. The maximum Gasteiger partial charge on any atom is 0.322 e. The summed E-state index contributed by atoms with van der Waals surface area (Å²) in [5.74, 6) is -0.147. The van der Waals surface area contributed by atoms with Crippen molar-refractivity contribution in [3.63, 3.8) is 0 Å². The number of rotatable bonds is 8. The molecule has 3 amide bonds. The number of carbonyl (C=O) groups excluding carboxylic acids is 2. The van der Waals surface area contributed by atoms with Crippen molar-refractivity contribution in [2.24, 2.45) is 11.8 Å². The van der Waals surface area contributed by atoms with Crippen LogP contribution >= 0.6 is 11.6 Å². The van der Waals surface area contributed by atoms with E-state index >= 15 is 0 Å². The zero-order valence-electron chi connectivity index (χ0n) is 17.0. The molecule has 1 aromatic carbocycles. The lowest BCUT2D eigenvalue weighted by molar-refractivity contribution is 0.0944. The second-order valence-electron chi connectivity index (χ2n) is 7.56. The molecule has 1 aromatic heterocycles. The van der Waals surface area contributed by atoms with Gasteiger partial charge in [-0.1, -0.05) is 39.3 Å². The van der Waals surface area contributed by atoms with Gasteiger partial charge in [0.1, 0.15) is 12.1 Å². The maximum atomic E-state index is 13.3. The first-order chi connectivity index (χ1) is 13.7. The van der Waals surface area contributed by atoms with Crippen LogP contribution in [0.15, 0.2) is 28.9 Å². The minimum Gasteiger partial charge on any atom is -0.446 e. The van der Waals surface area contributed by atoms with E-state index in [4.69, 9.17) is 16.0 Å². The Balaban J connectivity index is 2.07. The maximum absolute atomic E-state index is 13.3. The van der Waals surface area contributed by atoms with Gasteiger partial charge < -0.3 is 20.0 Å². The van der Waals surface area contributed by atoms with Crippen molar-refractivity contribution in [3.8, 4) is 0 Å². The van der Waals surface area contributed by atoms with E-state index in [2.05, 4.69) is 15.6 Å². The van der Waals surface area contributed by atoms with Crippen LogP contribution in [0.1, 0.15) is 44.1 Å². The minimum atomic E-state index is -0.563. The van der Waals surface area contributed by atoms with Crippen LogP contribution in [0.5, 0.6) is 0 Å². The van der Waals surface area contributed by atoms with Gasteiger partial charge in [-0.3, -0.25) is 4.79 Å². The molecule has 0 saturated carbocycles. The summed E-state index contributed by atoms with van der Waals surface area (Å²) in [6.45, 7) is 8.96. The molecule has 9 heteroatoms. The summed E-state index contributed by atoms with van der Waals surface area (Å²) in [4.78, 5) is 30.5. The second kappa shape index (κ2) is 10.2. The first-order valence-electron chi connectivity index (χ1n) is 9.39. The molecule has 0 spiro atoms. The van der Waals surface area contributed by atoms with Crippen LogP contribution in [0.3, 0.4) is 0 Å². The number of hydrogen-bond donors (Lipinski definition) is 2. The first-order valence-corrected chi connectivity index (χ1v) is 9.77. The Morgan fingerprint density at radius 3 is 2.59 bits per heavy atom. The second-order valence-corrected chi connectivity index (χ2v) is 7.97. The van der Waals surface area contributed by atoms with Gasteiger partial charge in [0, 0.05) is 18.8 Å². The van der Waals surface area contributed by atoms with E-state index in [0.29, 0.717) is 24.7 Å². The van der Waals surface area contributed by atoms with Gasteiger partial charge in [-0.2, -0.15) is 0 Å². The molecule has 0 unspecified atom stereocenters. The number of nitrogens with one attached hydrogen (secondary N) is 2. The monoisotopic (exact) mass is 424 g/mol. The Morgan fingerprint density at radius 2 is 1.97 bits per heavy atom. The fraction of sp³-hybridized carbons (Fsp3) is 0.450. The van der Waals surface area contributed by atoms with Crippen molar-refractivity contribution in [1.29, 1.82) is 0 Å². The molecule has 0 aliphatic heterocycles. The highest BCUT2D eigenvalue weighted by molar-refractivity contribution is 6.31. The average Bonchev–Trinajstić information content (AvgIpc) is 3.10. The number of carbonyl (C=O) groups is 2. The highest BCUT2D eigenvalue weighted by Gasteiger charge is 2.20. The summed E-state index contributed by atoms with van der Waals surface area (Å²) in [6, 6.07) is 3.53. The number of nitrogens with zero attached hydrogens (tertiary/aromatic N) is 2. The molecule has 0 atom stereocenters. The third kappa shape index (κ3) is 7.05. The normalized spacial score (nSPS) is 11.0. The lowest BCUT2D eigenvalue weighted by Gasteiger charge is -2.23. The van der Waals surface area contributed by atoms with Crippen LogP contribution < -0.4 is 10.6 Å². The van der Waals surface area contributed by atoms with E-state index in [1.165, 1.54) is 29.4 Å². The molecule has 0 aliphatic rings.